The molecule has 0 spiro atoms. The number of benzene rings is 1. The highest BCUT2D eigenvalue weighted by atomic mass is 35.5. The van der Waals surface area contributed by atoms with Crippen LogP contribution >= 0.6 is 35.0 Å². The summed E-state index contributed by atoms with van der Waals surface area (Å²) in [5, 5.41) is 12.7. The number of hydrogen-bond acceptors (Lipinski definition) is 4. The van der Waals surface area contributed by atoms with Crippen molar-refractivity contribution in [2.45, 2.75) is 17.7 Å². The summed E-state index contributed by atoms with van der Waals surface area (Å²) in [6.45, 7) is 0. The number of aryl methyl sites for hydroxylation is 1. The molecule has 1 atom stereocenters. The Balaban J connectivity index is 2.00. The van der Waals surface area contributed by atoms with Gasteiger partial charge in [-0.05, 0) is 37.1 Å². The van der Waals surface area contributed by atoms with Gasteiger partial charge >= 0.3 is 0 Å². The van der Waals surface area contributed by atoms with Gasteiger partial charge in [0.2, 0.25) is 5.91 Å². The van der Waals surface area contributed by atoms with Crippen LogP contribution in [0.2, 0.25) is 10.0 Å². The summed E-state index contributed by atoms with van der Waals surface area (Å²) in [6.07, 6.45) is 3.18. The van der Waals surface area contributed by atoms with Gasteiger partial charge in [0.25, 0.3) is 0 Å². The molecule has 2 aromatic rings. The first-order chi connectivity index (χ1) is 11.5. The summed E-state index contributed by atoms with van der Waals surface area (Å²) in [4.78, 5) is 17.2. The molecule has 0 aliphatic carbocycles. The number of carbonyl (C=O) groups excluding carboxylic acids is 1. The molecule has 1 heterocycles. The number of pyridine rings is 1. The van der Waals surface area contributed by atoms with E-state index in [0.29, 0.717) is 12.2 Å². The van der Waals surface area contributed by atoms with Crippen LogP contribution in [0.15, 0.2) is 41.4 Å². The molecular weight excluding hydrogens is 367 g/mol. The van der Waals surface area contributed by atoms with E-state index in [9.17, 15) is 9.90 Å². The molecule has 1 unspecified atom stereocenters. The molecule has 128 valence electrons. The number of aromatic hydroxyl groups is 1. The van der Waals surface area contributed by atoms with Crippen LogP contribution in [0.5, 0.6) is 5.75 Å². The Bertz CT molecular complexity index is 675. The minimum absolute atomic E-state index is 0.00518. The SMILES string of the molecule is CNC(=O)C(CCc1ccccn1)CSc1cc(Cl)c(O)c(Cl)c1. The summed E-state index contributed by atoms with van der Waals surface area (Å²) < 4.78 is 0. The van der Waals surface area contributed by atoms with Crippen LogP contribution in [0.25, 0.3) is 0 Å². The average molecular weight is 385 g/mol. The molecule has 4 nitrogen and oxygen atoms in total. The van der Waals surface area contributed by atoms with E-state index in [2.05, 4.69) is 10.3 Å². The molecule has 0 bridgehead atoms. The number of phenolic OH excluding ortho intramolecular Hbond substituents is 1. The number of amides is 1. The van der Waals surface area contributed by atoms with E-state index in [1.54, 1.807) is 25.4 Å². The molecule has 24 heavy (non-hydrogen) atoms. The van der Waals surface area contributed by atoms with Gasteiger partial charge in [0.15, 0.2) is 5.75 Å². The zero-order valence-electron chi connectivity index (χ0n) is 13.1. The largest absolute Gasteiger partial charge is 0.505 e. The molecule has 0 aliphatic rings. The lowest BCUT2D eigenvalue weighted by molar-refractivity contribution is -0.123. The Morgan fingerprint density at radius 2 is 2.04 bits per heavy atom. The maximum atomic E-state index is 12.1. The normalized spacial score (nSPS) is 12.0. The molecule has 1 aromatic carbocycles. The van der Waals surface area contributed by atoms with Crippen molar-refractivity contribution in [2.24, 2.45) is 5.92 Å². The van der Waals surface area contributed by atoms with Gasteiger partial charge in [0, 0.05) is 35.5 Å². The van der Waals surface area contributed by atoms with Gasteiger partial charge in [0.1, 0.15) is 0 Å². The van der Waals surface area contributed by atoms with Crippen molar-refractivity contribution in [3.05, 3.63) is 52.3 Å². The van der Waals surface area contributed by atoms with Crippen LogP contribution in [0.4, 0.5) is 0 Å². The molecular formula is C17H18Cl2N2O2S. The molecule has 1 aromatic heterocycles. The highest BCUT2D eigenvalue weighted by molar-refractivity contribution is 7.99. The van der Waals surface area contributed by atoms with Crippen molar-refractivity contribution in [3.63, 3.8) is 0 Å². The van der Waals surface area contributed by atoms with Gasteiger partial charge in [-0.2, -0.15) is 0 Å². The van der Waals surface area contributed by atoms with Gasteiger partial charge in [0.05, 0.1) is 10.0 Å². The number of carbonyl (C=O) groups is 1. The number of hydrogen-bond donors (Lipinski definition) is 2. The number of rotatable bonds is 7. The standard InChI is InChI=1S/C17H18Cl2N2O2S/c1-20-17(23)11(5-6-12-4-2-3-7-21-12)10-24-13-8-14(18)16(22)15(19)9-13/h2-4,7-9,11,22H,5-6,10H2,1H3,(H,20,23). The second-order valence-corrected chi connectivity index (χ2v) is 7.13. The second-order valence-electron chi connectivity index (χ2n) is 5.22. The zero-order chi connectivity index (χ0) is 17.5. The Morgan fingerprint density at radius 1 is 1.33 bits per heavy atom. The molecule has 1 amide bonds. The number of aromatic nitrogens is 1. The summed E-state index contributed by atoms with van der Waals surface area (Å²) in [5.41, 5.74) is 0.965. The second kappa shape index (κ2) is 9.16. The fraction of sp³-hybridized carbons (Fsp3) is 0.294. The third kappa shape index (κ3) is 5.30. The smallest absolute Gasteiger partial charge is 0.223 e. The topological polar surface area (TPSA) is 62.2 Å². The van der Waals surface area contributed by atoms with E-state index >= 15 is 0 Å². The maximum Gasteiger partial charge on any atom is 0.223 e. The number of nitrogens with zero attached hydrogens (tertiary/aromatic N) is 1. The van der Waals surface area contributed by atoms with Crippen molar-refractivity contribution in [3.8, 4) is 5.75 Å². The molecule has 7 heteroatoms. The van der Waals surface area contributed by atoms with Crippen LogP contribution < -0.4 is 5.32 Å². The first kappa shape index (κ1) is 18.9. The lowest BCUT2D eigenvalue weighted by Gasteiger charge is -2.15. The van der Waals surface area contributed by atoms with Crippen molar-refractivity contribution in [1.29, 1.82) is 0 Å². The monoisotopic (exact) mass is 384 g/mol. The quantitative estimate of drug-likeness (QED) is 0.702. The fourth-order valence-corrected chi connectivity index (χ4v) is 3.92. The highest BCUT2D eigenvalue weighted by Crippen LogP contribution is 2.36. The van der Waals surface area contributed by atoms with Crippen LogP contribution in [0.1, 0.15) is 12.1 Å². The van der Waals surface area contributed by atoms with Crippen LogP contribution in [-0.2, 0) is 11.2 Å². The Kier molecular flexibility index (Phi) is 7.21. The number of nitrogens with one attached hydrogen (secondary N) is 1. The number of thioether (sulfide) groups is 1. The molecule has 2 N–H and O–H groups in total. The van der Waals surface area contributed by atoms with Crippen molar-refractivity contribution in [1.82, 2.24) is 10.3 Å². The third-order valence-corrected chi connectivity index (χ3v) is 5.25. The van der Waals surface area contributed by atoms with Crippen molar-refractivity contribution in [2.75, 3.05) is 12.8 Å². The third-order valence-electron chi connectivity index (χ3n) is 3.53. The molecule has 0 fully saturated rings. The molecule has 0 saturated heterocycles. The van der Waals surface area contributed by atoms with Crippen LogP contribution in [0, 0.1) is 5.92 Å². The van der Waals surface area contributed by atoms with E-state index in [-0.39, 0.29) is 27.6 Å². The van der Waals surface area contributed by atoms with Gasteiger partial charge in [-0.3, -0.25) is 9.78 Å². The summed E-state index contributed by atoms with van der Waals surface area (Å²) in [7, 11) is 1.63. The zero-order valence-corrected chi connectivity index (χ0v) is 15.5. The van der Waals surface area contributed by atoms with Gasteiger partial charge in [-0.15, -0.1) is 11.8 Å². The Hall–Kier alpha value is -1.43. The number of phenols is 1. The van der Waals surface area contributed by atoms with Gasteiger partial charge in [-0.25, -0.2) is 0 Å². The minimum atomic E-state index is -0.159. The average Bonchev–Trinajstić information content (AvgIpc) is 2.59. The van der Waals surface area contributed by atoms with E-state index < -0.39 is 0 Å². The van der Waals surface area contributed by atoms with Crippen LogP contribution in [0.3, 0.4) is 0 Å². The molecule has 2 rings (SSSR count). The van der Waals surface area contributed by atoms with Gasteiger partial charge < -0.3 is 10.4 Å². The summed E-state index contributed by atoms with van der Waals surface area (Å²) >= 11 is 13.3. The predicted molar refractivity (Wildman–Crippen MR) is 99.0 cm³/mol. The summed E-state index contributed by atoms with van der Waals surface area (Å²) in [5.74, 6) is 0.299. The van der Waals surface area contributed by atoms with Crippen molar-refractivity contribution >= 4 is 40.9 Å². The fourth-order valence-electron chi connectivity index (χ4n) is 2.18. The predicted octanol–water partition coefficient (Wildman–Crippen LogP) is 4.18. The molecule has 0 radical (unpaired) electrons. The van der Waals surface area contributed by atoms with E-state index in [4.69, 9.17) is 23.2 Å². The maximum absolute atomic E-state index is 12.1. The van der Waals surface area contributed by atoms with E-state index in [0.717, 1.165) is 17.0 Å². The Labute approximate surface area is 155 Å². The van der Waals surface area contributed by atoms with Crippen molar-refractivity contribution < 1.29 is 9.90 Å². The summed E-state index contributed by atoms with van der Waals surface area (Å²) in [6, 6.07) is 9.05. The number of halogens is 2. The molecule has 0 saturated carbocycles. The first-order valence-electron chi connectivity index (χ1n) is 7.43. The van der Waals surface area contributed by atoms with E-state index in [1.807, 2.05) is 18.2 Å². The van der Waals surface area contributed by atoms with Gasteiger partial charge in [-0.1, -0.05) is 29.3 Å². The lowest BCUT2D eigenvalue weighted by atomic mass is 10.0. The minimum Gasteiger partial charge on any atom is -0.505 e. The van der Waals surface area contributed by atoms with Crippen LogP contribution in [-0.4, -0.2) is 28.8 Å². The molecule has 0 aliphatic heterocycles. The van der Waals surface area contributed by atoms with E-state index in [1.165, 1.54) is 11.8 Å². The highest BCUT2D eigenvalue weighted by Gasteiger charge is 2.18. The Morgan fingerprint density at radius 3 is 2.62 bits per heavy atom. The lowest BCUT2D eigenvalue weighted by Crippen LogP contribution is -2.29. The first-order valence-corrected chi connectivity index (χ1v) is 9.17.